The number of hydrogen-bond donors (Lipinski definition) is 1. The van der Waals surface area contributed by atoms with E-state index in [1.807, 2.05) is 18.2 Å². The fourth-order valence-electron chi connectivity index (χ4n) is 4.29. The highest BCUT2D eigenvalue weighted by molar-refractivity contribution is 5.48. The second kappa shape index (κ2) is 5.04. The van der Waals surface area contributed by atoms with Crippen molar-refractivity contribution >= 4 is 0 Å². The van der Waals surface area contributed by atoms with E-state index < -0.39 is 0 Å². The molecule has 1 aromatic carbocycles. The van der Waals surface area contributed by atoms with Crippen molar-refractivity contribution in [1.29, 1.82) is 0 Å². The molecule has 1 aromatic heterocycles. The Hall–Kier alpha value is -1.92. The molecule has 2 atom stereocenters. The Morgan fingerprint density at radius 3 is 3.00 bits per heavy atom. The standard InChI is InChI=1S/C18H21N3O3/c1-22-14-5-3-2-4-13(14)17(6-7-17)15-20-16(24-21-15)18-10-19-8-12(18)9-23-11-18/h2-5,12,19H,6-11H2,1H3/t12-,18-/m0/s1. The molecule has 2 aliphatic heterocycles. The smallest absolute Gasteiger partial charge is 0.236 e. The van der Waals surface area contributed by atoms with Crippen molar-refractivity contribution in [3.05, 3.63) is 41.5 Å². The van der Waals surface area contributed by atoms with Crippen LogP contribution in [0.15, 0.2) is 28.8 Å². The van der Waals surface area contributed by atoms with Gasteiger partial charge in [-0.15, -0.1) is 0 Å². The Morgan fingerprint density at radius 1 is 1.29 bits per heavy atom. The summed E-state index contributed by atoms with van der Waals surface area (Å²) in [6.07, 6.45) is 2.05. The third-order valence-corrected chi connectivity index (χ3v) is 5.94. The number of hydrogen-bond acceptors (Lipinski definition) is 6. The van der Waals surface area contributed by atoms with E-state index in [1.54, 1.807) is 7.11 Å². The quantitative estimate of drug-likeness (QED) is 0.921. The average molecular weight is 327 g/mol. The fraction of sp³-hybridized carbons (Fsp3) is 0.556. The molecule has 3 aliphatic rings. The molecule has 1 aliphatic carbocycles. The average Bonchev–Trinajstić information content (AvgIpc) is 2.97. The number of nitrogens with zero attached hydrogens (tertiary/aromatic N) is 2. The largest absolute Gasteiger partial charge is 0.496 e. The lowest BCUT2D eigenvalue weighted by Crippen LogP contribution is -2.35. The molecule has 2 saturated heterocycles. The van der Waals surface area contributed by atoms with E-state index in [9.17, 15) is 0 Å². The van der Waals surface area contributed by atoms with Crippen LogP contribution in [0.3, 0.4) is 0 Å². The van der Waals surface area contributed by atoms with Gasteiger partial charge in [-0.1, -0.05) is 23.4 Å². The summed E-state index contributed by atoms with van der Waals surface area (Å²) < 4.78 is 17.0. The van der Waals surface area contributed by atoms with Gasteiger partial charge in [-0.2, -0.15) is 4.98 Å². The molecule has 6 heteroatoms. The first-order chi connectivity index (χ1) is 11.8. The van der Waals surface area contributed by atoms with E-state index >= 15 is 0 Å². The number of ether oxygens (including phenoxy) is 2. The number of nitrogens with one attached hydrogen (secondary N) is 1. The van der Waals surface area contributed by atoms with Crippen LogP contribution in [0.25, 0.3) is 0 Å². The van der Waals surface area contributed by atoms with Gasteiger partial charge in [-0.3, -0.25) is 0 Å². The van der Waals surface area contributed by atoms with Gasteiger partial charge in [0.2, 0.25) is 5.89 Å². The van der Waals surface area contributed by atoms with Gasteiger partial charge in [-0.05, 0) is 18.9 Å². The molecule has 0 unspecified atom stereocenters. The van der Waals surface area contributed by atoms with Crippen molar-refractivity contribution in [2.75, 3.05) is 33.4 Å². The predicted molar refractivity (Wildman–Crippen MR) is 86.2 cm³/mol. The highest BCUT2D eigenvalue weighted by Crippen LogP contribution is 2.55. The zero-order valence-electron chi connectivity index (χ0n) is 13.7. The van der Waals surface area contributed by atoms with Gasteiger partial charge in [0.05, 0.1) is 31.2 Å². The van der Waals surface area contributed by atoms with Gasteiger partial charge >= 0.3 is 0 Å². The van der Waals surface area contributed by atoms with E-state index in [1.165, 1.54) is 0 Å². The topological polar surface area (TPSA) is 69.4 Å². The number of aromatic nitrogens is 2. The van der Waals surface area contributed by atoms with Crippen LogP contribution in [0, 0.1) is 5.92 Å². The first kappa shape index (κ1) is 14.4. The Kier molecular flexibility index (Phi) is 3.03. The third-order valence-electron chi connectivity index (χ3n) is 5.94. The molecular weight excluding hydrogens is 306 g/mol. The second-order valence-corrected chi connectivity index (χ2v) is 7.20. The molecule has 6 nitrogen and oxygen atoms in total. The molecule has 3 fully saturated rings. The molecule has 2 aromatic rings. The minimum absolute atomic E-state index is 0.151. The lowest BCUT2D eigenvalue weighted by atomic mass is 9.81. The minimum Gasteiger partial charge on any atom is -0.496 e. The Bertz CT molecular complexity index is 758. The Labute approximate surface area is 140 Å². The maximum absolute atomic E-state index is 5.75. The summed E-state index contributed by atoms with van der Waals surface area (Å²) in [4.78, 5) is 4.86. The maximum Gasteiger partial charge on any atom is 0.236 e. The van der Waals surface area contributed by atoms with Crippen molar-refractivity contribution in [2.24, 2.45) is 5.92 Å². The number of methoxy groups -OCH3 is 1. The number of rotatable bonds is 4. The van der Waals surface area contributed by atoms with E-state index in [2.05, 4.69) is 16.5 Å². The van der Waals surface area contributed by atoms with Crippen LogP contribution in [-0.4, -0.2) is 43.6 Å². The number of fused-ring (bicyclic) bond motifs is 1. The van der Waals surface area contributed by atoms with Crippen LogP contribution in [-0.2, 0) is 15.6 Å². The summed E-state index contributed by atoms with van der Waals surface area (Å²) in [6, 6.07) is 8.14. The van der Waals surface area contributed by atoms with Crippen molar-refractivity contribution in [1.82, 2.24) is 15.5 Å². The lowest BCUT2D eigenvalue weighted by molar-refractivity contribution is 0.161. The SMILES string of the molecule is COc1ccccc1C1(c2noc([C@]34CNC[C@H]3COC4)n2)CC1. The zero-order valence-corrected chi connectivity index (χ0v) is 13.7. The zero-order chi connectivity index (χ0) is 16.2. The molecule has 3 heterocycles. The second-order valence-electron chi connectivity index (χ2n) is 7.20. The highest BCUT2D eigenvalue weighted by Gasteiger charge is 2.56. The van der Waals surface area contributed by atoms with E-state index in [0.717, 1.165) is 55.6 Å². The van der Waals surface area contributed by atoms with E-state index in [4.69, 9.17) is 19.0 Å². The van der Waals surface area contributed by atoms with Crippen LogP contribution in [0.2, 0.25) is 0 Å². The first-order valence-corrected chi connectivity index (χ1v) is 8.55. The monoisotopic (exact) mass is 327 g/mol. The van der Waals surface area contributed by atoms with Crippen LogP contribution in [0.5, 0.6) is 5.75 Å². The van der Waals surface area contributed by atoms with Crippen LogP contribution in [0.1, 0.15) is 30.1 Å². The van der Waals surface area contributed by atoms with Gasteiger partial charge < -0.3 is 19.3 Å². The molecule has 1 saturated carbocycles. The van der Waals surface area contributed by atoms with E-state index in [0.29, 0.717) is 12.5 Å². The highest BCUT2D eigenvalue weighted by atomic mass is 16.5. The Balaban J connectivity index is 1.54. The molecular formula is C18H21N3O3. The molecule has 0 spiro atoms. The first-order valence-electron chi connectivity index (χ1n) is 8.55. The summed E-state index contributed by atoms with van der Waals surface area (Å²) in [5, 5.41) is 7.83. The summed E-state index contributed by atoms with van der Waals surface area (Å²) >= 11 is 0. The summed E-state index contributed by atoms with van der Waals surface area (Å²) in [5.74, 6) is 2.83. The lowest BCUT2D eigenvalue weighted by Gasteiger charge is -2.21. The number of para-hydroxylation sites is 1. The van der Waals surface area contributed by atoms with Crippen molar-refractivity contribution in [2.45, 2.75) is 23.7 Å². The van der Waals surface area contributed by atoms with Crippen molar-refractivity contribution in [3.8, 4) is 5.75 Å². The molecule has 126 valence electrons. The van der Waals surface area contributed by atoms with Crippen molar-refractivity contribution in [3.63, 3.8) is 0 Å². The molecule has 0 amide bonds. The number of benzene rings is 1. The molecule has 5 rings (SSSR count). The summed E-state index contributed by atoms with van der Waals surface area (Å²) in [7, 11) is 1.71. The summed E-state index contributed by atoms with van der Waals surface area (Å²) in [5.41, 5.74) is 0.842. The normalized spacial score (nSPS) is 30.3. The third kappa shape index (κ3) is 1.84. The molecule has 1 N–H and O–H groups in total. The Morgan fingerprint density at radius 2 is 2.17 bits per heavy atom. The van der Waals surface area contributed by atoms with Crippen LogP contribution in [0.4, 0.5) is 0 Å². The van der Waals surface area contributed by atoms with E-state index in [-0.39, 0.29) is 10.8 Å². The van der Waals surface area contributed by atoms with Gasteiger partial charge in [0.15, 0.2) is 5.82 Å². The maximum atomic E-state index is 5.75. The van der Waals surface area contributed by atoms with Gasteiger partial charge in [0, 0.05) is 24.6 Å². The van der Waals surface area contributed by atoms with Crippen LogP contribution < -0.4 is 10.1 Å². The van der Waals surface area contributed by atoms with Gasteiger partial charge in [-0.25, -0.2) is 0 Å². The van der Waals surface area contributed by atoms with Crippen molar-refractivity contribution < 1.29 is 14.0 Å². The fourth-order valence-corrected chi connectivity index (χ4v) is 4.29. The van der Waals surface area contributed by atoms with Crippen LogP contribution >= 0.6 is 0 Å². The summed E-state index contributed by atoms with van der Waals surface area (Å²) in [6.45, 7) is 3.23. The molecule has 0 radical (unpaired) electrons. The molecule has 0 bridgehead atoms. The van der Waals surface area contributed by atoms with Gasteiger partial charge in [0.25, 0.3) is 0 Å². The predicted octanol–water partition coefficient (Wildman–Crippen LogP) is 1.65. The minimum atomic E-state index is -0.161. The van der Waals surface area contributed by atoms with Gasteiger partial charge in [0.1, 0.15) is 5.75 Å². The molecule has 24 heavy (non-hydrogen) atoms.